The Balaban J connectivity index is 1.56. The lowest BCUT2D eigenvalue weighted by Gasteiger charge is -2.30. The summed E-state index contributed by atoms with van der Waals surface area (Å²) in [7, 11) is 3.57. The van der Waals surface area contributed by atoms with Gasteiger partial charge in [-0.05, 0) is 72.1 Å². The first kappa shape index (κ1) is 21.2. The summed E-state index contributed by atoms with van der Waals surface area (Å²) in [6, 6.07) is 15.3. The van der Waals surface area contributed by atoms with E-state index >= 15 is 0 Å². The first-order valence-corrected chi connectivity index (χ1v) is 11.8. The fourth-order valence-electron chi connectivity index (χ4n) is 5.46. The number of thiocarbonyl (C=S) groups is 1. The summed E-state index contributed by atoms with van der Waals surface area (Å²) < 4.78 is 0. The highest BCUT2D eigenvalue weighted by Crippen LogP contribution is 2.50. The zero-order chi connectivity index (χ0) is 22.4. The number of fused-ring (bicyclic) bond motifs is 3. The summed E-state index contributed by atoms with van der Waals surface area (Å²) in [6.07, 6.45) is 8.12. The third-order valence-corrected chi connectivity index (χ3v) is 7.73. The molecule has 1 N–H and O–H groups in total. The van der Waals surface area contributed by atoms with Crippen LogP contribution in [-0.4, -0.2) is 46.1 Å². The molecule has 2 heterocycles. The van der Waals surface area contributed by atoms with Gasteiger partial charge in [0.05, 0.1) is 6.61 Å². The average molecular weight is 448 g/mol. The molecule has 2 aromatic rings. The lowest BCUT2D eigenvalue weighted by molar-refractivity contribution is -0.121. The molecule has 6 heteroatoms. The molecule has 2 aromatic carbocycles. The van der Waals surface area contributed by atoms with Crippen LogP contribution in [0.25, 0.3) is 6.08 Å². The van der Waals surface area contributed by atoms with E-state index < -0.39 is 0 Å². The molecule has 1 saturated carbocycles. The molecule has 1 aliphatic carbocycles. The molecule has 3 aliphatic rings. The predicted octanol–water partition coefficient (Wildman–Crippen LogP) is 4.78. The van der Waals surface area contributed by atoms with E-state index in [2.05, 4.69) is 35.2 Å². The molecule has 166 valence electrons. The number of rotatable bonds is 3. The number of carbonyl (C=O) groups is 1. The molecule has 0 aromatic heterocycles. The maximum absolute atomic E-state index is 12.6. The largest absolute Gasteiger partial charge is 0.392 e. The van der Waals surface area contributed by atoms with Gasteiger partial charge >= 0.3 is 0 Å². The SMILES string of the molecule is CN1C(=O)/C(=C\c2ccc3c(c2)C2CCCCCC2N3c2ccc(CO)cc2)N(C)C1=S. The number of anilines is 2. The maximum Gasteiger partial charge on any atom is 0.276 e. The number of carbonyl (C=O) groups excluding carboxylic acids is 1. The third kappa shape index (κ3) is 3.42. The molecule has 5 nitrogen and oxygen atoms in total. The van der Waals surface area contributed by atoms with Crippen molar-refractivity contribution >= 4 is 40.7 Å². The van der Waals surface area contributed by atoms with E-state index in [4.69, 9.17) is 12.2 Å². The van der Waals surface area contributed by atoms with Crippen molar-refractivity contribution in [1.82, 2.24) is 9.80 Å². The first-order chi connectivity index (χ1) is 15.5. The van der Waals surface area contributed by atoms with E-state index in [0.29, 0.717) is 22.8 Å². The van der Waals surface area contributed by atoms with Gasteiger partial charge in [-0.1, -0.05) is 37.5 Å². The zero-order valence-electron chi connectivity index (χ0n) is 18.6. The Bertz CT molecular complexity index is 1090. The number of hydrogen-bond donors (Lipinski definition) is 1. The van der Waals surface area contributed by atoms with Crippen molar-refractivity contribution in [3.63, 3.8) is 0 Å². The second-order valence-electron chi connectivity index (χ2n) is 9.06. The number of benzene rings is 2. The maximum atomic E-state index is 12.6. The van der Waals surface area contributed by atoms with Crippen LogP contribution in [0.4, 0.5) is 11.4 Å². The summed E-state index contributed by atoms with van der Waals surface area (Å²) in [6.45, 7) is 0.0622. The minimum absolute atomic E-state index is 0.0593. The Kier molecular flexibility index (Phi) is 5.51. The minimum Gasteiger partial charge on any atom is -0.392 e. The molecule has 32 heavy (non-hydrogen) atoms. The van der Waals surface area contributed by atoms with Crippen LogP contribution in [-0.2, 0) is 11.4 Å². The summed E-state index contributed by atoms with van der Waals surface area (Å²) in [5.41, 5.74) is 6.41. The summed E-state index contributed by atoms with van der Waals surface area (Å²) in [4.78, 5) is 18.4. The minimum atomic E-state index is -0.0593. The molecule has 0 spiro atoms. The van der Waals surface area contributed by atoms with Crippen molar-refractivity contribution in [2.45, 2.75) is 50.7 Å². The van der Waals surface area contributed by atoms with Gasteiger partial charge < -0.3 is 14.9 Å². The number of aliphatic hydroxyl groups excluding tert-OH is 1. The normalized spacial score (nSPS) is 24.2. The highest BCUT2D eigenvalue weighted by molar-refractivity contribution is 7.80. The van der Waals surface area contributed by atoms with Gasteiger partial charge in [0.1, 0.15) is 5.70 Å². The van der Waals surface area contributed by atoms with Crippen molar-refractivity contribution in [2.75, 3.05) is 19.0 Å². The van der Waals surface area contributed by atoms with Crippen LogP contribution >= 0.6 is 12.2 Å². The molecule has 2 aliphatic heterocycles. The molecule has 0 bridgehead atoms. The first-order valence-electron chi connectivity index (χ1n) is 11.4. The van der Waals surface area contributed by atoms with Crippen LogP contribution in [0.2, 0.25) is 0 Å². The van der Waals surface area contributed by atoms with Crippen LogP contribution in [0.5, 0.6) is 0 Å². The Hall–Kier alpha value is -2.70. The standard InChI is InChI=1S/C26H29N3O2S/c1-27-24(25(31)28(2)26(27)32)15-18-10-13-23-21(14-18)20-6-4-3-5-7-22(20)29(23)19-11-8-17(16-30)9-12-19/h8-15,20,22,30H,3-7,16H2,1-2H3/b24-15+. The smallest absolute Gasteiger partial charge is 0.276 e. The topological polar surface area (TPSA) is 47.0 Å². The zero-order valence-corrected chi connectivity index (χ0v) is 19.4. The van der Waals surface area contributed by atoms with Gasteiger partial charge in [-0.3, -0.25) is 9.69 Å². The highest BCUT2D eigenvalue weighted by Gasteiger charge is 2.40. The van der Waals surface area contributed by atoms with E-state index in [1.165, 1.54) is 53.9 Å². The van der Waals surface area contributed by atoms with Crippen LogP contribution in [0.1, 0.15) is 54.7 Å². The molecule has 2 unspecified atom stereocenters. The molecule has 1 saturated heterocycles. The van der Waals surface area contributed by atoms with E-state index in [0.717, 1.165) is 11.1 Å². The van der Waals surface area contributed by atoms with Crippen molar-refractivity contribution in [2.24, 2.45) is 0 Å². The molecule has 2 atom stereocenters. The van der Waals surface area contributed by atoms with Crippen LogP contribution in [0.15, 0.2) is 48.2 Å². The summed E-state index contributed by atoms with van der Waals surface area (Å²) >= 11 is 5.36. The quantitative estimate of drug-likeness (QED) is 0.542. The van der Waals surface area contributed by atoms with Crippen molar-refractivity contribution in [3.05, 3.63) is 64.9 Å². The highest BCUT2D eigenvalue weighted by atomic mass is 32.1. The van der Waals surface area contributed by atoms with Crippen molar-refractivity contribution in [3.8, 4) is 0 Å². The Morgan fingerprint density at radius 1 is 1.03 bits per heavy atom. The van der Waals surface area contributed by atoms with Gasteiger partial charge in [0.25, 0.3) is 5.91 Å². The van der Waals surface area contributed by atoms with E-state index in [1.54, 1.807) is 11.9 Å². The van der Waals surface area contributed by atoms with Gasteiger partial charge in [-0.25, -0.2) is 0 Å². The van der Waals surface area contributed by atoms with Crippen molar-refractivity contribution < 1.29 is 9.90 Å². The van der Waals surface area contributed by atoms with E-state index in [1.807, 2.05) is 25.3 Å². The fraction of sp³-hybridized carbons (Fsp3) is 0.385. The molecular formula is C26H29N3O2S. The number of amides is 1. The molecule has 0 radical (unpaired) electrons. The van der Waals surface area contributed by atoms with Crippen LogP contribution in [0.3, 0.4) is 0 Å². The molecule has 2 fully saturated rings. The van der Waals surface area contributed by atoms with Crippen LogP contribution in [0, 0.1) is 0 Å². The number of likely N-dealkylation sites (N-methyl/N-ethyl adjacent to an activating group) is 2. The average Bonchev–Trinajstić information content (AvgIpc) is 3.06. The predicted molar refractivity (Wildman–Crippen MR) is 132 cm³/mol. The van der Waals surface area contributed by atoms with Gasteiger partial charge in [0, 0.05) is 37.4 Å². The van der Waals surface area contributed by atoms with Gasteiger partial charge in [0.15, 0.2) is 5.11 Å². The Morgan fingerprint density at radius 2 is 1.78 bits per heavy atom. The van der Waals surface area contributed by atoms with Gasteiger partial charge in [-0.15, -0.1) is 0 Å². The lowest BCUT2D eigenvalue weighted by atomic mass is 9.90. The molecule has 1 amide bonds. The van der Waals surface area contributed by atoms with Crippen LogP contribution < -0.4 is 4.90 Å². The lowest BCUT2D eigenvalue weighted by Crippen LogP contribution is -2.29. The van der Waals surface area contributed by atoms with E-state index in [9.17, 15) is 9.90 Å². The summed E-state index contributed by atoms with van der Waals surface area (Å²) in [5.74, 6) is 0.431. The van der Waals surface area contributed by atoms with Gasteiger partial charge in [0.2, 0.25) is 0 Å². The second-order valence-corrected chi connectivity index (χ2v) is 9.43. The number of hydrogen-bond acceptors (Lipinski definition) is 4. The number of aliphatic hydroxyl groups is 1. The van der Waals surface area contributed by atoms with Gasteiger partial charge in [-0.2, -0.15) is 0 Å². The molecule has 5 rings (SSSR count). The van der Waals surface area contributed by atoms with E-state index in [-0.39, 0.29) is 12.5 Å². The Labute approximate surface area is 194 Å². The second kappa shape index (κ2) is 8.34. The molecular weight excluding hydrogens is 418 g/mol. The number of nitrogens with zero attached hydrogens (tertiary/aromatic N) is 3. The van der Waals surface area contributed by atoms with Crippen molar-refractivity contribution in [1.29, 1.82) is 0 Å². The Morgan fingerprint density at radius 3 is 2.47 bits per heavy atom. The fourth-order valence-corrected chi connectivity index (χ4v) is 5.64. The monoisotopic (exact) mass is 447 g/mol. The summed E-state index contributed by atoms with van der Waals surface area (Å²) in [5, 5.41) is 9.97. The third-order valence-electron chi connectivity index (χ3n) is 7.18.